The van der Waals surface area contributed by atoms with Crippen LogP contribution in [0.3, 0.4) is 0 Å². The topological polar surface area (TPSA) is 12.0 Å². The van der Waals surface area contributed by atoms with E-state index in [0.29, 0.717) is 6.04 Å². The van der Waals surface area contributed by atoms with E-state index < -0.39 is 0 Å². The Morgan fingerprint density at radius 3 is 2.62 bits per heavy atom. The molecular weight excluding hydrogens is 218 g/mol. The Hall–Kier alpha value is -0.690. The first-order valence-electron chi connectivity index (χ1n) is 6.09. The third-order valence-corrected chi connectivity index (χ3v) is 3.93. The van der Waals surface area contributed by atoms with Crippen molar-refractivity contribution in [1.29, 1.82) is 0 Å². The van der Waals surface area contributed by atoms with E-state index in [1.807, 2.05) is 12.1 Å². The van der Waals surface area contributed by atoms with E-state index in [9.17, 15) is 0 Å². The summed E-state index contributed by atoms with van der Waals surface area (Å²) in [5, 5.41) is 4.37. The first-order valence-corrected chi connectivity index (χ1v) is 6.46. The SMILES string of the molecule is Cc1ccc(Cl)c(NC2CC(C(C)C)C2)c1. The molecule has 1 N–H and O–H groups in total. The molecule has 1 aliphatic rings. The number of rotatable bonds is 3. The third kappa shape index (κ3) is 2.52. The Balaban J connectivity index is 1.94. The number of hydrogen-bond acceptors (Lipinski definition) is 1. The van der Waals surface area contributed by atoms with Crippen molar-refractivity contribution in [1.82, 2.24) is 0 Å². The number of aryl methyl sites for hydroxylation is 1. The van der Waals surface area contributed by atoms with Crippen LogP contribution in [0.5, 0.6) is 0 Å². The summed E-state index contributed by atoms with van der Waals surface area (Å²) in [7, 11) is 0. The Morgan fingerprint density at radius 2 is 2.00 bits per heavy atom. The van der Waals surface area contributed by atoms with E-state index in [4.69, 9.17) is 11.6 Å². The molecule has 88 valence electrons. The molecule has 1 aliphatic carbocycles. The summed E-state index contributed by atoms with van der Waals surface area (Å²) < 4.78 is 0. The van der Waals surface area contributed by atoms with Gasteiger partial charge in [-0.15, -0.1) is 0 Å². The van der Waals surface area contributed by atoms with Gasteiger partial charge in [-0.2, -0.15) is 0 Å². The number of hydrogen-bond donors (Lipinski definition) is 1. The van der Waals surface area contributed by atoms with Gasteiger partial charge in [0.1, 0.15) is 0 Å². The van der Waals surface area contributed by atoms with E-state index in [-0.39, 0.29) is 0 Å². The van der Waals surface area contributed by atoms with Gasteiger partial charge in [0.25, 0.3) is 0 Å². The van der Waals surface area contributed by atoms with Crippen LogP contribution in [0.1, 0.15) is 32.3 Å². The average Bonchev–Trinajstić information content (AvgIpc) is 2.15. The molecule has 1 aromatic carbocycles. The van der Waals surface area contributed by atoms with E-state index in [1.54, 1.807) is 0 Å². The Bertz CT molecular complexity index is 367. The number of nitrogens with one attached hydrogen (secondary N) is 1. The highest BCUT2D eigenvalue weighted by molar-refractivity contribution is 6.33. The van der Waals surface area contributed by atoms with E-state index in [1.165, 1.54) is 18.4 Å². The lowest BCUT2D eigenvalue weighted by molar-refractivity contribution is 0.212. The monoisotopic (exact) mass is 237 g/mol. The second-order valence-electron chi connectivity index (χ2n) is 5.30. The highest BCUT2D eigenvalue weighted by Gasteiger charge is 2.31. The normalized spacial score (nSPS) is 24.3. The molecule has 0 spiro atoms. The average molecular weight is 238 g/mol. The molecule has 0 bridgehead atoms. The molecule has 0 saturated heterocycles. The molecule has 1 fully saturated rings. The molecule has 0 radical (unpaired) electrons. The zero-order valence-electron chi connectivity index (χ0n) is 10.3. The quantitative estimate of drug-likeness (QED) is 0.817. The van der Waals surface area contributed by atoms with Crippen LogP contribution in [0.15, 0.2) is 18.2 Å². The van der Waals surface area contributed by atoms with Gasteiger partial charge in [0.15, 0.2) is 0 Å². The third-order valence-electron chi connectivity index (χ3n) is 3.60. The van der Waals surface area contributed by atoms with Crippen molar-refractivity contribution in [2.75, 3.05) is 5.32 Å². The summed E-state index contributed by atoms with van der Waals surface area (Å²) in [6.45, 7) is 6.71. The lowest BCUT2D eigenvalue weighted by Gasteiger charge is -2.39. The minimum Gasteiger partial charge on any atom is -0.381 e. The van der Waals surface area contributed by atoms with Gasteiger partial charge >= 0.3 is 0 Å². The molecule has 2 heteroatoms. The highest BCUT2D eigenvalue weighted by Crippen LogP contribution is 2.36. The van der Waals surface area contributed by atoms with Crippen LogP contribution in [0.25, 0.3) is 0 Å². The standard InChI is InChI=1S/C14H20ClN/c1-9(2)11-7-12(8-11)16-14-6-10(3)4-5-13(14)15/h4-6,9,11-12,16H,7-8H2,1-3H3. The molecule has 16 heavy (non-hydrogen) atoms. The Morgan fingerprint density at radius 1 is 1.31 bits per heavy atom. The number of halogens is 1. The molecule has 0 unspecified atom stereocenters. The zero-order chi connectivity index (χ0) is 11.7. The van der Waals surface area contributed by atoms with Crippen molar-refractivity contribution in [3.63, 3.8) is 0 Å². The largest absolute Gasteiger partial charge is 0.381 e. The molecule has 0 aromatic heterocycles. The maximum atomic E-state index is 6.16. The van der Waals surface area contributed by atoms with Crippen molar-refractivity contribution in [3.05, 3.63) is 28.8 Å². The molecule has 0 atom stereocenters. The van der Waals surface area contributed by atoms with Crippen LogP contribution in [0.2, 0.25) is 5.02 Å². The van der Waals surface area contributed by atoms with E-state index in [2.05, 4.69) is 32.2 Å². The molecule has 0 amide bonds. The fourth-order valence-corrected chi connectivity index (χ4v) is 2.47. The summed E-state index contributed by atoms with van der Waals surface area (Å²) >= 11 is 6.16. The van der Waals surface area contributed by atoms with Gasteiger partial charge in [-0.1, -0.05) is 31.5 Å². The van der Waals surface area contributed by atoms with Gasteiger partial charge in [0, 0.05) is 6.04 Å². The first-order chi connectivity index (χ1) is 7.56. The second-order valence-corrected chi connectivity index (χ2v) is 5.71. The predicted octanol–water partition coefficient (Wildman–Crippen LogP) is 4.49. The summed E-state index contributed by atoms with van der Waals surface area (Å²) in [5.41, 5.74) is 2.35. The summed E-state index contributed by atoms with van der Waals surface area (Å²) in [4.78, 5) is 0. The predicted molar refractivity (Wildman–Crippen MR) is 71.2 cm³/mol. The van der Waals surface area contributed by atoms with Crippen LogP contribution in [0.4, 0.5) is 5.69 Å². The number of benzene rings is 1. The van der Waals surface area contributed by atoms with Gasteiger partial charge < -0.3 is 5.32 Å². The maximum absolute atomic E-state index is 6.16. The van der Waals surface area contributed by atoms with Crippen molar-refractivity contribution in [2.45, 2.75) is 39.7 Å². The fraction of sp³-hybridized carbons (Fsp3) is 0.571. The lowest BCUT2D eigenvalue weighted by Crippen LogP contribution is -2.37. The van der Waals surface area contributed by atoms with Crippen molar-refractivity contribution >= 4 is 17.3 Å². The van der Waals surface area contributed by atoms with Crippen molar-refractivity contribution in [2.24, 2.45) is 11.8 Å². The van der Waals surface area contributed by atoms with Crippen molar-refractivity contribution < 1.29 is 0 Å². The van der Waals surface area contributed by atoms with E-state index in [0.717, 1.165) is 22.5 Å². The summed E-state index contributed by atoms with van der Waals surface area (Å²) in [6, 6.07) is 6.76. The molecule has 1 nitrogen and oxygen atoms in total. The van der Waals surface area contributed by atoms with Crippen LogP contribution >= 0.6 is 11.6 Å². The minimum absolute atomic E-state index is 0.617. The van der Waals surface area contributed by atoms with Crippen LogP contribution < -0.4 is 5.32 Å². The van der Waals surface area contributed by atoms with Crippen LogP contribution in [-0.4, -0.2) is 6.04 Å². The summed E-state index contributed by atoms with van der Waals surface area (Å²) in [5.74, 6) is 1.70. The van der Waals surface area contributed by atoms with Gasteiger partial charge in [-0.05, 0) is 49.3 Å². The molecule has 1 aromatic rings. The van der Waals surface area contributed by atoms with Gasteiger partial charge in [0.2, 0.25) is 0 Å². The zero-order valence-corrected chi connectivity index (χ0v) is 11.0. The smallest absolute Gasteiger partial charge is 0.0637 e. The maximum Gasteiger partial charge on any atom is 0.0637 e. The van der Waals surface area contributed by atoms with Gasteiger partial charge in [0.05, 0.1) is 10.7 Å². The fourth-order valence-electron chi connectivity index (χ4n) is 2.29. The number of anilines is 1. The molecule has 0 aliphatic heterocycles. The van der Waals surface area contributed by atoms with Gasteiger partial charge in [-0.25, -0.2) is 0 Å². The van der Waals surface area contributed by atoms with Gasteiger partial charge in [-0.3, -0.25) is 0 Å². The Labute approximate surface area is 103 Å². The molecular formula is C14H20ClN. The molecule has 1 saturated carbocycles. The minimum atomic E-state index is 0.617. The molecule has 0 heterocycles. The Kier molecular flexibility index (Phi) is 3.44. The van der Waals surface area contributed by atoms with Crippen molar-refractivity contribution in [3.8, 4) is 0 Å². The van der Waals surface area contributed by atoms with Crippen LogP contribution in [-0.2, 0) is 0 Å². The lowest BCUT2D eigenvalue weighted by atomic mass is 9.73. The second kappa shape index (κ2) is 4.67. The summed E-state index contributed by atoms with van der Waals surface area (Å²) in [6.07, 6.45) is 2.56. The molecule has 2 rings (SSSR count). The highest BCUT2D eigenvalue weighted by atomic mass is 35.5. The van der Waals surface area contributed by atoms with Crippen LogP contribution in [0, 0.1) is 18.8 Å². The first kappa shape index (κ1) is 11.8. The van der Waals surface area contributed by atoms with E-state index >= 15 is 0 Å².